The van der Waals surface area contributed by atoms with Crippen LogP contribution in [0.2, 0.25) is 0 Å². The van der Waals surface area contributed by atoms with E-state index in [0.29, 0.717) is 19.3 Å². The highest BCUT2D eigenvalue weighted by atomic mass is 16.2. The van der Waals surface area contributed by atoms with Gasteiger partial charge in [0.15, 0.2) is 0 Å². The van der Waals surface area contributed by atoms with Gasteiger partial charge in [0.05, 0.1) is 0 Å². The molecule has 3 amide bonds. The van der Waals surface area contributed by atoms with Crippen molar-refractivity contribution in [1.82, 2.24) is 15.1 Å². The van der Waals surface area contributed by atoms with Crippen LogP contribution in [0.3, 0.4) is 0 Å². The van der Waals surface area contributed by atoms with Crippen LogP contribution >= 0.6 is 0 Å². The summed E-state index contributed by atoms with van der Waals surface area (Å²) in [6, 6.07) is 22.1. The van der Waals surface area contributed by atoms with Gasteiger partial charge in [-0.2, -0.15) is 0 Å². The van der Waals surface area contributed by atoms with Crippen molar-refractivity contribution in [3.8, 4) is 0 Å². The Bertz CT molecular complexity index is 1310. The molecule has 0 aromatic heterocycles. The van der Waals surface area contributed by atoms with Crippen molar-refractivity contribution in [1.29, 1.82) is 0 Å². The first-order valence-electron chi connectivity index (χ1n) is 13.2. The second-order valence-electron chi connectivity index (χ2n) is 10.7. The second-order valence-corrected chi connectivity index (χ2v) is 10.7. The number of likely N-dealkylation sites (N-methyl/N-ethyl adjacent to an activating group) is 3. The minimum Gasteiger partial charge on any atom is -0.357 e. The van der Waals surface area contributed by atoms with E-state index < -0.39 is 17.6 Å². The molecule has 0 fully saturated rings. The van der Waals surface area contributed by atoms with Crippen LogP contribution in [0.15, 0.2) is 84.9 Å². The van der Waals surface area contributed by atoms with Gasteiger partial charge in [-0.15, -0.1) is 0 Å². The molecule has 3 rings (SSSR count). The molecule has 0 aliphatic carbocycles. The van der Waals surface area contributed by atoms with Crippen LogP contribution in [0.4, 0.5) is 0 Å². The van der Waals surface area contributed by atoms with Crippen LogP contribution in [0.5, 0.6) is 0 Å². The Morgan fingerprint density at radius 1 is 0.846 bits per heavy atom. The number of carbonyl (C=O) groups excluding carboxylic acids is 3. The number of amides is 3. The topological polar surface area (TPSA) is 95.7 Å². The van der Waals surface area contributed by atoms with Crippen LogP contribution in [0.1, 0.15) is 31.4 Å². The molecule has 0 aliphatic heterocycles. The van der Waals surface area contributed by atoms with E-state index in [9.17, 15) is 14.4 Å². The van der Waals surface area contributed by atoms with Gasteiger partial charge in [0.1, 0.15) is 12.1 Å². The lowest BCUT2D eigenvalue weighted by Gasteiger charge is -2.34. The summed E-state index contributed by atoms with van der Waals surface area (Å²) in [7, 11) is 4.82. The van der Waals surface area contributed by atoms with Gasteiger partial charge in [-0.05, 0) is 48.2 Å². The lowest BCUT2D eigenvalue weighted by molar-refractivity contribution is -0.146. The summed E-state index contributed by atoms with van der Waals surface area (Å²) >= 11 is 0. The Morgan fingerprint density at radius 3 is 2.10 bits per heavy atom. The first-order valence-corrected chi connectivity index (χ1v) is 13.2. The first kappa shape index (κ1) is 29.6. The molecule has 206 valence electrons. The zero-order valence-electron chi connectivity index (χ0n) is 23.6. The molecule has 0 saturated heterocycles. The third-order valence-corrected chi connectivity index (χ3v) is 6.88. The van der Waals surface area contributed by atoms with Crippen LogP contribution in [-0.2, 0) is 27.2 Å². The van der Waals surface area contributed by atoms with Crippen molar-refractivity contribution >= 4 is 28.5 Å². The molecule has 0 aliphatic rings. The Balaban J connectivity index is 1.93. The Kier molecular flexibility index (Phi) is 10.0. The normalized spacial score (nSPS) is 13.2. The average Bonchev–Trinajstić information content (AvgIpc) is 2.92. The fraction of sp³-hybridized carbons (Fsp3) is 0.344. The minimum atomic E-state index is -0.817. The molecule has 3 aromatic rings. The van der Waals surface area contributed by atoms with Gasteiger partial charge in [0.25, 0.3) is 0 Å². The Labute approximate surface area is 231 Å². The average molecular weight is 529 g/mol. The van der Waals surface area contributed by atoms with Gasteiger partial charge >= 0.3 is 0 Å². The van der Waals surface area contributed by atoms with Crippen molar-refractivity contribution in [3.05, 3.63) is 96.1 Å². The molecule has 0 saturated carbocycles. The van der Waals surface area contributed by atoms with E-state index in [0.717, 1.165) is 21.9 Å². The van der Waals surface area contributed by atoms with E-state index in [-0.39, 0.29) is 17.7 Å². The maximum atomic E-state index is 14.1. The third-order valence-electron chi connectivity index (χ3n) is 6.88. The van der Waals surface area contributed by atoms with Crippen LogP contribution in [-0.4, -0.2) is 66.3 Å². The number of hydrogen-bond donors (Lipinski definition) is 2. The van der Waals surface area contributed by atoms with Gasteiger partial charge in [0.2, 0.25) is 17.7 Å². The van der Waals surface area contributed by atoms with E-state index >= 15 is 0 Å². The monoisotopic (exact) mass is 528 g/mol. The fourth-order valence-electron chi connectivity index (χ4n) is 4.51. The minimum absolute atomic E-state index is 0.266. The smallest absolute Gasteiger partial charge is 0.246 e. The van der Waals surface area contributed by atoms with Crippen LogP contribution in [0.25, 0.3) is 10.8 Å². The van der Waals surface area contributed by atoms with Gasteiger partial charge < -0.3 is 20.9 Å². The van der Waals surface area contributed by atoms with Crippen molar-refractivity contribution in [2.24, 2.45) is 5.73 Å². The molecule has 0 radical (unpaired) electrons. The summed E-state index contributed by atoms with van der Waals surface area (Å²) in [4.78, 5) is 43.1. The third kappa shape index (κ3) is 8.26. The van der Waals surface area contributed by atoms with Crippen molar-refractivity contribution in [2.45, 2.75) is 50.7 Å². The number of rotatable bonds is 11. The number of nitrogens with two attached hydrogens (primary N) is 1. The molecule has 3 aromatic carbocycles. The van der Waals surface area contributed by atoms with E-state index in [4.69, 9.17) is 5.73 Å². The maximum absolute atomic E-state index is 14.1. The molecule has 2 atom stereocenters. The summed E-state index contributed by atoms with van der Waals surface area (Å²) in [5.74, 6) is -0.874. The largest absolute Gasteiger partial charge is 0.357 e. The van der Waals surface area contributed by atoms with Crippen LogP contribution < -0.4 is 11.1 Å². The molecular formula is C32H40N4O3. The lowest BCUT2D eigenvalue weighted by Crippen LogP contribution is -2.55. The standard InChI is InChI=1S/C32H40N4O3/c1-32(2,33)19-11-16-29(37)35(4)28(22-24-17-18-25-14-9-10-15-26(25)20-24)31(39)36(5)27(30(38)34-3)21-23-12-7-6-8-13-23/h6-18,20,27-28H,19,21-22,33H2,1-5H3,(H,34,38)/b16-11+/t27-,28?/m1/s1. The molecule has 7 heteroatoms. The van der Waals surface area contributed by atoms with E-state index in [1.807, 2.05) is 86.6 Å². The molecule has 7 nitrogen and oxygen atoms in total. The van der Waals surface area contributed by atoms with Gasteiger partial charge in [-0.25, -0.2) is 0 Å². The molecule has 0 spiro atoms. The molecule has 3 N–H and O–H groups in total. The molecule has 1 unspecified atom stereocenters. The number of benzene rings is 3. The molecule has 0 bridgehead atoms. The van der Waals surface area contributed by atoms with Crippen molar-refractivity contribution in [2.75, 3.05) is 21.1 Å². The number of carbonyl (C=O) groups is 3. The zero-order chi connectivity index (χ0) is 28.6. The second kappa shape index (κ2) is 13.2. The predicted molar refractivity (Wildman–Crippen MR) is 157 cm³/mol. The number of hydrogen-bond acceptors (Lipinski definition) is 4. The Morgan fingerprint density at radius 2 is 1.46 bits per heavy atom. The summed E-state index contributed by atoms with van der Waals surface area (Å²) in [5, 5.41) is 4.84. The maximum Gasteiger partial charge on any atom is 0.246 e. The van der Waals surface area contributed by atoms with Crippen LogP contribution in [0, 0.1) is 0 Å². The summed E-state index contributed by atoms with van der Waals surface area (Å²) in [5.41, 5.74) is 7.47. The van der Waals surface area contributed by atoms with E-state index in [1.165, 1.54) is 15.9 Å². The van der Waals surface area contributed by atoms with E-state index in [2.05, 4.69) is 5.32 Å². The number of fused-ring (bicyclic) bond motifs is 1. The van der Waals surface area contributed by atoms with Gasteiger partial charge in [-0.3, -0.25) is 14.4 Å². The SMILES string of the molecule is CNC(=O)[C@@H](Cc1ccccc1)N(C)C(=O)C(Cc1ccc2ccccc2c1)N(C)C(=O)/C=C/CC(C)(C)N. The van der Waals surface area contributed by atoms with Crippen molar-refractivity contribution in [3.63, 3.8) is 0 Å². The number of nitrogens with zero attached hydrogens (tertiary/aromatic N) is 2. The lowest BCUT2D eigenvalue weighted by atomic mass is 9.98. The number of nitrogens with one attached hydrogen (secondary N) is 1. The summed E-state index contributed by atoms with van der Waals surface area (Å²) in [6.07, 6.45) is 4.39. The summed E-state index contributed by atoms with van der Waals surface area (Å²) in [6.45, 7) is 3.77. The highest BCUT2D eigenvalue weighted by Gasteiger charge is 2.34. The van der Waals surface area contributed by atoms with E-state index in [1.54, 1.807) is 27.2 Å². The molecular weight excluding hydrogens is 488 g/mol. The highest BCUT2D eigenvalue weighted by molar-refractivity contribution is 5.95. The zero-order valence-corrected chi connectivity index (χ0v) is 23.6. The molecule has 39 heavy (non-hydrogen) atoms. The Hall–Kier alpha value is -3.97. The molecule has 0 heterocycles. The highest BCUT2D eigenvalue weighted by Crippen LogP contribution is 2.20. The predicted octanol–water partition coefficient (Wildman–Crippen LogP) is 3.71. The van der Waals surface area contributed by atoms with Gasteiger partial charge in [-0.1, -0.05) is 78.9 Å². The first-order chi connectivity index (χ1) is 18.5. The quantitative estimate of drug-likeness (QED) is 0.371. The van der Waals surface area contributed by atoms with Crippen molar-refractivity contribution < 1.29 is 14.4 Å². The van der Waals surface area contributed by atoms with Gasteiger partial charge in [0, 0.05) is 39.5 Å². The fourth-order valence-corrected chi connectivity index (χ4v) is 4.51. The summed E-state index contributed by atoms with van der Waals surface area (Å²) < 4.78 is 0.